The molecule has 0 unspecified atom stereocenters. The van der Waals surface area contributed by atoms with Gasteiger partial charge in [-0.25, -0.2) is 0 Å². The van der Waals surface area contributed by atoms with Gasteiger partial charge in [0.25, 0.3) is 0 Å². The van der Waals surface area contributed by atoms with Crippen LogP contribution in [0, 0.1) is 0 Å². The molecule has 0 aromatic rings. The normalized spacial score (nSPS) is 12.0. The van der Waals surface area contributed by atoms with Gasteiger partial charge < -0.3 is 33.7 Å². The molecule has 0 saturated carbocycles. The van der Waals surface area contributed by atoms with Crippen LogP contribution < -0.4 is 5.32 Å². The van der Waals surface area contributed by atoms with E-state index in [1.807, 2.05) is 6.92 Å². The van der Waals surface area contributed by atoms with Gasteiger partial charge >= 0.3 is 0 Å². The number of hydrogen-bond donors (Lipinski definition) is 1. The Morgan fingerprint density at radius 3 is 1.16 bits per heavy atom. The molecule has 152 valence electrons. The summed E-state index contributed by atoms with van der Waals surface area (Å²) >= 11 is 0. The zero-order valence-electron chi connectivity index (χ0n) is 16.6. The smallest absolute Gasteiger partial charge is 0.0701 e. The van der Waals surface area contributed by atoms with E-state index in [9.17, 15) is 0 Å². The second-order valence-electron chi connectivity index (χ2n) is 6.44. The average Bonchev–Trinajstić information content (AvgIpc) is 2.56. The van der Waals surface area contributed by atoms with Crippen LogP contribution in [0.2, 0.25) is 0 Å². The van der Waals surface area contributed by atoms with Gasteiger partial charge in [0.05, 0.1) is 72.7 Å². The molecule has 7 nitrogen and oxygen atoms in total. The van der Waals surface area contributed by atoms with Crippen molar-refractivity contribution >= 4 is 0 Å². The molecule has 0 spiro atoms. The van der Waals surface area contributed by atoms with Gasteiger partial charge in [-0.05, 0) is 27.7 Å². The van der Waals surface area contributed by atoms with Gasteiger partial charge in [0.2, 0.25) is 0 Å². The molecule has 0 bridgehead atoms. The van der Waals surface area contributed by atoms with E-state index < -0.39 is 0 Å². The molecule has 0 aliphatic rings. The minimum absolute atomic E-state index is 0.136. The Morgan fingerprint density at radius 1 is 0.520 bits per heavy atom. The predicted molar refractivity (Wildman–Crippen MR) is 98.3 cm³/mol. The second kappa shape index (κ2) is 18.5. The minimum Gasteiger partial charge on any atom is -0.379 e. The van der Waals surface area contributed by atoms with Crippen LogP contribution in [0.25, 0.3) is 0 Å². The highest BCUT2D eigenvalue weighted by Gasteiger charge is 2.06. The third kappa shape index (κ3) is 23.7. The molecule has 7 heteroatoms. The highest BCUT2D eigenvalue weighted by molar-refractivity contribution is 4.69. The maximum Gasteiger partial charge on any atom is 0.0701 e. The molecule has 0 atom stereocenters. The van der Waals surface area contributed by atoms with Gasteiger partial charge in [0.1, 0.15) is 0 Å². The fraction of sp³-hybridized carbons (Fsp3) is 1.00. The molecule has 0 amide bonds. The van der Waals surface area contributed by atoms with Gasteiger partial charge in [-0.1, -0.05) is 0 Å². The summed E-state index contributed by atoms with van der Waals surface area (Å²) in [4.78, 5) is 0. The largest absolute Gasteiger partial charge is 0.379 e. The third-order valence-corrected chi connectivity index (χ3v) is 2.97. The summed E-state index contributed by atoms with van der Waals surface area (Å²) in [7, 11) is 0. The maximum absolute atomic E-state index is 5.47. The van der Waals surface area contributed by atoms with E-state index in [1.54, 1.807) is 0 Å². The topological polar surface area (TPSA) is 67.4 Å². The molecule has 0 aromatic carbocycles. The lowest BCUT2D eigenvalue weighted by molar-refractivity contribution is -0.0161. The molecule has 0 aliphatic heterocycles. The zero-order chi connectivity index (χ0) is 18.6. The van der Waals surface area contributed by atoms with Crippen molar-refractivity contribution in [1.29, 1.82) is 0 Å². The Bertz CT molecular complexity index is 260. The van der Waals surface area contributed by atoms with Crippen molar-refractivity contribution in [3.8, 4) is 0 Å². The molecule has 25 heavy (non-hydrogen) atoms. The molecule has 0 aliphatic carbocycles. The molecular weight excluding hydrogens is 326 g/mol. The van der Waals surface area contributed by atoms with Gasteiger partial charge in [-0.3, -0.25) is 0 Å². The van der Waals surface area contributed by atoms with Crippen LogP contribution in [0.5, 0.6) is 0 Å². The van der Waals surface area contributed by atoms with Crippen molar-refractivity contribution in [2.75, 3.05) is 85.8 Å². The Morgan fingerprint density at radius 2 is 0.840 bits per heavy atom. The predicted octanol–water partition coefficient (Wildman–Crippen LogP) is 1.49. The molecule has 0 saturated heterocycles. The first-order valence-electron chi connectivity index (χ1n) is 9.27. The molecule has 0 fully saturated rings. The fourth-order valence-electron chi connectivity index (χ4n) is 1.74. The maximum atomic E-state index is 5.47. The Labute approximate surface area is 153 Å². The molecular formula is C18H39NO6. The monoisotopic (exact) mass is 365 g/mol. The Kier molecular flexibility index (Phi) is 18.3. The van der Waals surface area contributed by atoms with E-state index in [1.165, 1.54) is 0 Å². The van der Waals surface area contributed by atoms with Crippen molar-refractivity contribution < 1.29 is 28.4 Å². The molecule has 0 radical (unpaired) electrons. The Hall–Kier alpha value is -0.280. The molecule has 0 rings (SSSR count). The highest BCUT2D eigenvalue weighted by Crippen LogP contribution is 1.96. The van der Waals surface area contributed by atoms with Crippen LogP contribution in [0.4, 0.5) is 0 Å². The average molecular weight is 366 g/mol. The first kappa shape index (κ1) is 24.7. The van der Waals surface area contributed by atoms with E-state index in [0.717, 1.165) is 13.2 Å². The SMILES string of the molecule is CCOCCOCCOCCOCCOCCOCCNC(C)(C)C. The lowest BCUT2D eigenvalue weighted by atomic mass is 10.1. The van der Waals surface area contributed by atoms with Crippen molar-refractivity contribution in [2.24, 2.45) is 0 Å². The lowest BCUT2D eigenvalue weighted by Gasteiger charge is -2.20. The van der Waals surface area contributed by atoms with E-state index in [2.05, 4.69) is 26.1 Å². The summed E-state index contributed by atoms with van der Waals surface area (Å²) in [5.74, 6) is 0. The number of hydrogen-bond acceptors (Lipinski definition) is 7. The van der Waals surface area contributed by atoms with Gasteiger partial charge in [0.15, 0.2) is 0 Å². The van der Waals surface area contributed by atoms with Crippen molar-refractivity contribution in [3.05, 3.63) is 0 Å². The van der Waals surface area contributed by atoms with Crippen LogP contribution in [0.3, 0.4) is 0 Å². The van der Waals surface area contributed by atoms with E-state index in [-0.39, 0.29) is 5.54 Å². The van der Waals surface area contributed by atoms with Crippen molar-refractivity contribution in [3.63, 3.8) is 0 Å². The van der Waals surface area contributed by atoms with Crippen molar-refractivity contribution in [2.45, 2.75) is 33.2 Å². The second-order valence-corrected chi connectivity index (χ2v) is 6.44. The molecule has 0 aromatic heterocycles. The fourth-order valence-corrected chi connectivity index (χ4v) is 1.74. The van der Waals surface area contributed by atoms with Crippen molar-refractivity contribution in [1.82, 2.24) is 5.32 Å². The van der Waals surface area contributed by atoms with E-state index in [0.29, 0.717) is 72.7 Å². The summed E-state index contributed by atoms with van der Waals surface area (Å²) in [6.07, 6.45) is 0. The van der Waals surface area contributed by atoms with E-state index in [4.69, 9.17) is 28.4 Å². The summed E-state index contributed by atoms with van der Waals surface area (Å²) in [5.41, 5.74) is 0.136. The highest BCUT2D eigenvalue weighted by atomic mass is 16.6. The molecule has 0 heterocycles. The summed E-state index contributed by atoms with van der Waals surface area (Å²) in [5, 5.41) is 3.37. The zero-order valence-corrected chi connectivity index (χ0v) is 16.6. The van der Waals surface area contributed by atoms with Crippen LogP contribution >= 0.6 is 0 Å². The minimum atomic E-state index is 0.136. The number of nitrogens with one attached hydrogen (secondary N) is 1. The van der Waals surface area contributed by atoms with Crippen LogP contribution in [0.15, 0.2) is 0 Å². The number of rotatable bonds is 19. The third-order valence-electron chi connectivity index (χ3n) is 2.97. The first-order valence-corrected chi connectivity index (χ1v) is 9.27. The Balaban J connectivity index is 3.01. The van der Waals surface area contributed by atoms with Gasteiger partial charge in [-0.15, -0.1) is 0 Å². The first-order chi connectivity index (χ1) is 12.1. The van der Waals surface area contributed by atoms with Crippen LogP contribution in [-0.2, 0) is 28.4 Å². The van der Waals surface area contributed by atoms with Gasteiger partial charge in [0, 0.05) is 18.7 Å². The number of ether oxygens (including phenoxy) is 6. The molecule has 1 N–H and O–H groups in total. The summed E-state index contributed by atoms with van der Waals surface area (Å²) in [6.45, 7) is 16.5. The van der Waals surface area contributed by atoms with Gasteiger partial charge in [-0.2, -0.15) is 0 Å². The summed E-state index contributed by atoms with van der Waals surface area (Å²) in [6, 6.07) is 0. The van der Waals surface area contributed by atoms with E-state index >= 15 is 0 Å². The van der Waals surface area contributed by atoms with Crippen LogP contribution in [0.1, 0.15) is 27.7 Å². The summed E-state index contributed by atoms with van der Waals surface area (Å²) < 4.78 is 32.2. The van der Waals surface area contributed by atoms with Crippen LogP contribution in [-0.4, -0.2) is 91.4 Å². The lowest BCUT2D eigenvalue weighted by Crippen LogP contribution is -2.38. The quantitative estimate of drug-likeness (QED) is 0.348. The standard InChI is InChI=1S/C18H39NO6/c1-5-20-8-9-22-12-13-24-16-17-25-15-14-23-11-10-21-7-6-19-18(2,3)4/h19H,5-17H2,1-4H3.